The van der Waals surface area contributed by atoms with Crippen molar-refractivity contribution in [2.75, 3.05) is 0 Å². The van der Waals surface area contributed by atoms with Crippen LogP contribution in [0.15, 0.2) is 48.6 Å². The van der Waals surface area contributed by atoms with Gasteiger partial charge >= 0.3 is 11.9 Å². The molecule has 20 heavy (non-hydrogen) atoms. The molecule has 0 fully saturated rings. The molecule has 0 saturated carbocycles. The summed E-state index contributed by atoms with van der Waals surface area (Å²) in [7, 11) is 0. The van der Waals surface area contributed by atoms with Crippen LogP contribution in [-0.4, -0.2) is 11.9 Å². The van der Waals surface area contributed by atoms with E-state index < -0.39 is 11.9 Å². The standard InChI is InChI=1S/C16H14O4/c1-10(2)16(18)20-15-13-7-5-4-6-12(13)8-9-14(15)19-11(3)17/h4-9H,1H2,2-3H3. The summed E-state index contributed by atoms with van der Waals surface area (Å²) in [5.74, 6) is -0.597. The average Bonchev–Trinajstić information content (AvgIpc) is 2.40. The van der Waals surface area contributed by atoms with E-state index in [9.17, 15) is 9.59 Å². The van der Waals surface area contributed by atoms with E-state index in [0.717, 1.165) is 5.39 Å². The Balaban J connectivity index is 2.58. The summed E-state index contributed by atoms with van der Waals surface area (Å²) < 4.78 is 10.4. The second-order valence-electron chi connectivity index (χ2n) is 4.38. The van der Waals surface area contributed by atoms with E-state index in [0.29, 0.717) is 5.39 Å². The quantitative estimate of drug-likeness (QED) is 0.488. The molecule has 0 amide bonds. The van der Waals surface area contributed by atoms with Crippen molar-refractivity contribution in [1.82, 2.24) is 0 Å². The van der Waals surface area contributed by atoms with Gasteiger partial charge in [0.1, 0.15) is 0 Å². The van der Waals surface area contributed by atoms with Crippen molar-refractivity contribution < 1.29 is 19.1 Å². The van der Waals surface area contributed by atoms with Gasteiger partial charge in [0.2, 0.25) is 0 Å². The van der Waals surface area contributed by atoms with Gasteiger partial charge in [-0.25, -0.2) is 4.79 Å². The maximum atomic E-state index is 11.7. The summed E-state index contributed by atoms with van der Waals surface area (Å²) in [6.45, 7) is 6.39. The number of carbonyl (C=O) groups is 2. The number of hydrogen-bond donors (Lipinski definition) is 0. The molecule has 0 aliphatic heterocycles. The van der Waals surface area contributed by atoms with Gasteiger partial charge in [-0.3, -0.25) is 4.79 Å². The molecule has 2 aromatic rings. The highest BCUT2D eigenvalue weighted by molar-refractivity contribution is 5.96. The van der Waals surface area contributed by atoms with Crippen LogP contribution in [-0.2, 0) is 9.59 Å². The van der Waals surface area contributed by atoms with Gasteiger partial charge in [-0.05, 0) is 18.4 Å². The molecule has 0 bridgehead atoms. The van der Waals surface area contributed by atoms with Crippen LogP contribution in [0.25, 0.3) is 10.8 Å². The molecule has 0 radical (unpaired) electrons. The predicted molar refractivity (Wildman–Crippen MR) is 75.7 cm³/mol. The van der Waals surface area contributed by atoms with Gasteiger partial charge in [-0.15, -0.1) is 0 Å². The molecule has 0 aromatic heterocycles. The van der Waals surface area contributed by atoms with E-state index in [-0.39, 0.29) is 17.1 Å². The fourth-order valence-electron chi connectivity index (χ4n) is 1.74. The highest BCUT2D eigenvalue weighted by Gasteiger charge is 2.16. The lowest BCUT2D eigenvalue weighted by Crippen LogP contribution is -2.11. The fourth-order valence-corrected chi connectivity index (χ4v) is 1.74. The van der Waals surface area contributed by atoms with E-state index in [1.54, 1.807) is 25.1 Å². The van der Waals surface area contributed by atoms with E-state index in [2.05, 4.69) is 6.58 Å². The van der Waals surface area contributed by atoms with Crippen LogP contribution in [0.1, 0.15) is 13.8 Å². The lowest BCUT2D eigenvalue weighted by atomic mass is 10.1. The van der Waals surface area contributed by atoms with E-state index in [4.69, 9.17) is 9.47 Å². The normalized spacial score (nSPS) is 10.1. The highest BCUT2D eigenvalue weighted by Crippen LogP contribution is 2.36. The molecular formula is C16H14O4. The maximum Gasteiger partial charge on any atom is 0.338 e. The van der Waals surface area contributed by atoms with Gasteiger partial charge in [0.15, 0.2) is 11.5 Å². The first kappa shape index (κ1) is 13.8. The molecule has 2 rings (SSSR count). The van der Waals surface area contributed by atoms with Crippen LogP contribution in [0.2, 0.25) is 0 Å². The molecule has 0 aliphatic rings. The third-order valence-electron chi connectivity index (χ3n) is 2.64. The largest absolute Gasteiger partial charge is 0.423 e. The molecule has 0 saturated heterocycles. The van der Waals surface area contributed by atoms with Crippen molar-refractivity contribution >= 4 is 22.7 Å². The Morgan fingerprint density at radius 3 is 2.35 bits per heavy atom. The third kappa shape index (κ3) is 2.85. The van der Waals surface area contributed by atoms with Crippen LogP contribution in [0.4, 0.5) is 0 Å². The lowest BCUT2D eigenvalue weighted by Gasteiger charge is -2.12. The van der Waals surface area contributed by atoms with Crippen molar-refractivity contribution in [1.29, 1.82) is 0 Å². The number of carbonyl (C=O) groups excluding carboxylic acids is 2. The van der Waals surface area contributed by atoms with E-state index >= 15 is 0 Å². The zero-order valence-electron chi connectivity index (χ0n) is 11.3. The Morgan fingerprint density at radius 2 is 1.70 bits per heavy atom. The number of benzene rings is 2. The van der Waals surface area contributed by atoms with Gasteiger partial charge in [0.05, 0.1) is 0 Å². The van der Waals surface area contributed by atoms with Crippen LogP contribution >= 0.6 is 0 Å². The average molecular weight is 270 g/mol. The zero-order valence-corrected chi connectivity index (χ0v) is 11.3. The Hall–Kier alpha value is -2.62. The summed E-state index contributed by atoms with van der Waals surface area (Å²) in [6.07, 6.45) is 0. The molecule has 0 unspecified atom stereocenters. The van der Waals surface area contributed by atoms with Crippen molar-refractivity contribution in [3.8, 4) is 11.5 Å². The first-order valence-electron chi connectivity index (χ1n) is 6.07. The second kappa shape index (κ2) is 5.57. The SMILES string of the molecule is C=C(C)C(=O)Oc1c(OC(C)=O)ccc2ccccc12. The molecule has 0 N–H and O–H groups in total. The Labute approximate surface area is 116 Å². The highest BCUT2D eigenvalue weighted by atomic mass is 16.6. The molecule has 0 heterocycles. The minimum atomic E-state index is -0.560. The van der Waals surface area contributed by atoms with Crippen molar-refractivity contribution in [3.63, 3.8) is 0 Å². The van der Waals surface area contributed by atoms with Crippen LogP contribution in [0, 0.1) is 0 Å². The van der Waals surface area contributed by atoms with E-state index in [1.807, 2.05) is 18.2 Å². The van der Waals surface area contributed by atoms with Crippen LogP contribution < -0.4 is 9.47 Å². The smallest absolute Gasteiger partial charge is 0.338 e. The van der Waals surface area contributed by atoms with Crippen molar-refractivity contribution in [2.45, 2.75) is 13.8 Å². The fraction of sp³-hybridized carbons (Fsp3) is 0.125. The number of fused-ring (bicyclic) bond motifs is 1. The van der Waals surface area contributed by atoms with Gasteiger partial charge < -0.3 is 9.47 Å². The second-order valence-corrected chi connectivity index (χ2v) is 4.38. The van der Waals surface area contributed by atoms with Crippen molar-refractivity contribution in [2.24, 2.45) is 0 Å². The molecular weight excluding hydrogens is 256 g/mol. The summed E-state index contributed by atoms with van der Waals surface area (Å²) in [5, 5.41) is 1.58. The molecule has 2 aromatic carbocycles. The van der Waals surface area contributed by atoms with Crippen LogP contribution in [0.5, 0.6) is 11.5 Å². The minimum absolute atomic E-state index is 0.214. The summed E-state index contributed by atoms with van der Waals surface area (Å²) in [4.78, 5) is 22.9. The first-order chi connectivity index (χ1) is 9.49. The maximum absolute atomic E-state index is 11.7. The molecule has 4 nitrogen and oxygen atoms in total. The van der Waals surface area contributed by atoms with Gasteiger partial charge in [-0.1, -0.05) is 36.9 Å². The summed E-state index contributed by atoms with van der Waals surface area (Å²) in [6, 6.07) is 10.8. The third-order valence-corrected chi connectivity index (χ3v) is 2.64. The zero-order chi connectivity index (χ0) is 14.7. The number of ether oxygens (including phenoxy) is 2. The molecule has 4 heteroatoms. The summed E-state index contributed by atoms with van der Waals surface area (Å²) in [5.41, 5.74) is 0.270. The Bertz CT molecular complexity index is 701. The molecule has 0 spiro atoms. The topological polar surface area (TPSA) is 52.6 Å². The Kier molecular flexibility index (Phi) is 3.84. The minimum Gasteiger partial charge on any atom is -0.423 e. The van der Waals surface area contributed by atoms with Gasteiger partial charge in [0, 0.05) is 17.9 Å². The lowest BCUT2D eigenvalue weighted by molar-refractivity contribution is -0.133. The molecule has 0 atom stereocenters. The number of esters is 2. The van der Waals surface area contributed by atoms with Gasteiger partial charge in [0.25, 0.3) is 0 Å². The number of hydrogen-bond acceptors (Lipinski definition) is 4. The van der Waals surface area contributed by atoms with Gasteiger partial charge in [-0.2, -0.15) is 0 Å². The monoisotopic (exact) mass is 270 g/mol. The first-order valence-corrected chi connectivity index (χ1v) is 6.07. The summed E-state index contributed by atoms with van der Waals surface area (Å²) >= 11 is 0. The molecule has 102 valence electrons. The van der Waals surface area contributed by atoms with Crippen molar-refractivity contribution in [3.05, 3.63) is 48.6 Å². The molecule has 0 aliphatic carbocycles. The Morgan fingerprint density at radius 1 is 1.00 bits per heavy atom. The van der Waals surface area contributed by atoms with E-state index in [1.165, 1.54) is 6.92 Å². The number of rotatable bonds is 3. The van der Waals surface area contributed by atoms with Crippen LogP contribution in [0.3, 0.4) is 0 Å². The predicted octanol–water partition coefficient (Wildman–Crippen LogP) is 3.25.